The third kappa shape index (κ3) is 4.82. The SMILES string of the molecule is COc1ccc(OC)c(NC(=O)N2CCN(c3ccnc(Cl)n3)CC2C(C)C)c1. The minimum Gasteiger partial charge on any atom is -0.497 e. The number of anilines is 2. The van der Waals surface area contributed by atoms with Gasteiger partial charge in [-0.2, -0.15) is 0 Å². The van der Waals surface area contributed by atoms with E-state index in [1.54, 1.807) is 38.6 Å². The Hall–Kier alpha value is -2.74. The van der Waals surface area contributed by atoms with Crippen LogP contribution in [0.3, 0.4) is 0 Å². The van der Waals surface area contributed by atoms with Gasteiger partial charge in [-0.15, -0.1) is 0 Å². The average Bonchev–Trinajstić information content (AvgIpc) is 2.73. The maximum absolute atomic E-state index is 13.1. The molecule has 9 heteroatoms. The highest BCUT2D eigenvalue weighted by Gasteiger charge is 2.33. The Bertz CT molecular complexity index is 864. The predicted octanol–water partition coefficient (Wildman–Crippen LogP) is 3.53. The van der Waals surface area contributed by atoms with Crippen LogP contribution in [0.4, 0.5) is 16.3 Å². The molecule has 0 aliphatic carbocycles. The summed E-state index contributed by atoms with van der Waals surface area (Å²) in [6.45, 7) is 6.08. The van der Waals surface area contributed by atoms with Crippen LogP contribution in [0.5, 0.6) is 11.5 Å². The van der Waals surface area contributed by atoms with Gasteiger partial charge in [0, 0.05) is 31.9 Å². The summed E-state index contributed by atoms with van der Waals surface area (Å²) in [6.07, 6.45) is 1.64. The number of methoxy groups -OCH3 is 2. The van der Waals surface area contributed by atoms with Gasteiger partial charge in [0.15, 0.2) is 0 Å². The molecule has 1 aromatic carbocycles. The number of halogens is 1. The van der Waals surface area contributed by atoms with Crippen molar-refractivity contribution in [1.29, 1.82) is 0 Å². The second-order valence-corrected chi connectivity index (χ2v) is 7.47. The molecule has 0 radical (unpaired) electrons. The summed E-state index contributed by atoms with van der Waals surface area (Å²) >= 11 is 5.94. The summed E-state index contributed by atoms with van der Waals surface area (Å²) in [4.78, 5) is 25.3. The lowest BCUT2D eigenvalue weighted by Gasteiger charge is -2.43. The first-order valence-corrected chi connectivity index (χ1v) is 9.84. The number of benzene rings is 1. The monoisotopic (exact) mass is 419 g/mol. The number of aromatic nitrogens is 2. The fourth-order valence-electron chi connectivity index (χ4n) is 3.44. The Kier molecular flexibility index (Phi) is 6.64. The fraction of sp³-hybridized carbons (Fsp3) is 0.450. The van der Waals surface area contributed by atoms with Crippen molar-refractivity contribution in [2.45, 2.75) is 19.9 Å². The number of hydrogen-bond donors (Lipinski definition) is 1. The Morgan fingerprint density at radius 2 is 2.03 bits per heavy atom. The summed E-state index contributed by atoms with van der Waals surface area (Å²) in [5.41, 5.74) is 0.573. The van der Waals surface area contributed by atoms with Crippen molar-refractivity contribution >= 4 is 29.1 Å². The molecule has 1 saturated heterocycles. The van der Waals surface area contributed by atoms with Crippen molar-refractivity contribution in [1.82, 2.24) is 14.9 Å². The van der Waals surface area contributed by atoms with Gasteiger partial charge >= 0.3 is 6.03 Å². The van der Waals surface area contributed by atoms with Gasteiger partial charge in [0.25, 0.3) is 0 Å². The molecule has 0 spiro atoms. The van der Waals surface area contributed by atoms with Crippen LogP contribution in [0.2, 0.25) is 5.28 Å². The summed E-state index contributed by atoms with van der Waals surface area (Å²) in [6, 6.07) is 6.98. The number of amides is 2. The number of nitrogens with one attached hydrogen (secondary N) is 1. The summed E-state index contributed by atoms with van der Waals surface area (Å²) in [7, 11) is 3.15. The van der Waals surface area contributed by atoms with Gasteiger partial charge in [0.2, 0.25) is 5.28 Å². The molecule has 1 unspecified atom stereocenters. The molecule has 1 aromatic heterocycles. The van der Waals surface area contributed by atoms with Crippen molar-refractivity contribution in [3.63, 3.8) is 0 Å². The highest BCUT2D eigenvalue weighted by molar-refractivity contribution is 6.28. The van der Waals surface area contributed by atoms with E-state index >= 15 is 0 Å². The van der Waals surface area contributed by atoms with E-state index < -0.39 is 0 Å². The minimum atomic E-state index is -0.171. The lowest BCUT2D eigenvalue weighted by molar-refractivity contribution is 0.156. The zero-order chi connectivity index (χ0) is 21.0. The molecular formula is C20H26ClN5O3. The molecule has 29 heavy (non-hydrogen) atoms. The maximum atomic E-state index is 13.1. The normalized spacial score (nSPS) is 16.7. The van der Waals surface area contributed by atoms with E-state index in [-0.39, 0.29) is 23.3 Å². The minimum absolute atomic E-state index is 0.00842. The first-order chi connectivity index (χ1) is 13.9. The van der Waals surface area contributed by atoms with Crippen LogP contribution < -0.4 is 19.7 Å². The quantitative estimate of drug-likeness (QED) is 0.747. The van der Waals surface area contributed by atoms with Gasteiger partial charge in [-0.1, -0.05) is 13.8 Å². The standard InChI is InChI=1S/C20H26ClN5O3/c1-13(2)16-12-25(18-7-8-22-19(21)24-18)9-10-26(16)20(27)23-15-11-14(28-3)5-6-17(15)29-4/h5-8,11,13,16H,9-10,12H2,1-4H3,(H,23,27). The third-order valence-corrected chi connectivity index (χ3v) is 5.21. The third-order valence-electron chi connectivity index (χ3n) is 5.03. The van der Waals surface area contributed by atoms with E-state index in [1.807, 2.05) is 11.0 Å². The zero-order valence-electron chi connectivity index (χ0n) is 17.1. The molecule has 2 aromatic rings. The molecular weight excluding hydrogens is 394 g/mol. The smallest absolute Gasteiger partial charge is 0.322 e. The Labute approximate surface area is 175 Å². The number of hydrogen-bond acceptors (Lipinski definition) is 6. The van der Waals surface area contributed by atoms with Gasteiger partial charge in [-0.3, -0.25) is 0 Å². The molecule has 8 nitrogen and oxygen atoms in total. The van der Waals surface area contributed by atoms with Crippen molar-refractivity contribution in [3.05, 3.63) is 35.7 Å². The summed E-state index contributed by atoms with van der Waals surface area (Å²) < 4.78 is 10.6. The van der Waals surface area contributed by atoms with Crippen LogP contribution in [0.25, 0.3) is 0 Å². The van der Waals surface area contributed by atoms with Gasteiger partial charge < -0.3 is 24.6 Å². The molecule has 2 heterocycles. The predicted molar refractivity (Wildman–Crippen MR) is 113 cm³/mol. The molecule has 0 bridgehead atoms. The zero-order valence-corrected chi connectivity index (χ0v) is 17.8. The van der Waals surface area contributed by atoms with E-state index in [4.69, 9.17) is 21.1 Å². The first kappa shape index (κ1) is 21.0. The van der Waals surface area contributed by atoms with Crippen LogP contribution in [0.15, 0.2) is 30.5 Å². The Morgan fingerprint density at radius 1 is 1.24 bits per heavy atom. The van der Waals surface area contributed by atoms with E-state index in [9.17, 15) is 4.79 Å². The largest absolute Gasteiger partial charge is 0.497 e. The molecule has 1 aliphatic heterocycles. The number of carbonyl (C=O) groups excluding carboxylic acids is 1. The second-order valence-electron chi connectivity index (χ2n) is 7.13. The van der Waals surface area contributed by atoms with Gasteiger partial charge in [0.05, 0.1) is 25.9 Å². The van der Waals surface area contributed by atoms with Gasteiger partial charge in [-0.25, -0.2) is 14.8 Å². The maximum Gasteiger partial charge on any atom is 0.322 e. The van der Waals surface area contributed by atoms with Crippen LogP contribution in [-0.4, -0.2) is 60.8 Å². The van der Waals surface area contributed by atoms with Crippen LogP contribution >= 0.6 is 11.6 Å². The highest BCUT2D eigenvalue weighted by atomic mass is 35.5. The van der Waals surface area contributed by atoms with E-state index in [1.165, 1.54) is 0 Å². The molecule has 0 saturated carbocycles. The summed E-state index contributed by atoms with van der Waals surface area (Å²) in [5, 5.41) is 3.19. The van der Waals surface area contributed by atoms with Crippen LogP contribution in [0.1, 0.15) is 13.8 Å². The molecule has 3 rings (SSSR count). The Morgan fingerprint density at radius 3 is 2.69 bits per heavy atom. The van der Waals surface area contributed by atoms with Crippen molar-refractivity contribution in [2.24, 2.45) is 5.92 Å². The van der Waals surface area contributed by atoms with Crippen LogP contribution in [-0.2, 0) is 0 Å². The van der Waals surface area contributed by atoms with E-state index in [0.29, 0.717) is 36.8 Å². The lowest BCUT2D eigenvalue weighted by Crippen LogP contribution is -2.58. The Balaban J connectivity index is 1.77. The van der Waals surface area contributed by atoms with Crippen molar-refractivity contribution in [3.8, 4) is 11.5 Å². The summed E-state index contributed by atoms with van der Waals surface area (Å²) in [5.74, 6) is 2.25. The number of urea groups is 1. The highest BCUT2D eigenvalue weighted by Crippen LogP contribution is 2.30. The first-order valence-electron chi connectivity index (χ1n) is 9.46. The number of rotatable bonds is 5. The molecule has 1 fully saturated rings. The number of piperazine rings is 1. The van der Waals surface area contributed by atoms with Gasteiger partial charge in [-0.05, 0) is 35.7 Å². The van der Waals surface area contributed by atoms with E-state index in [2.05, 4.69) is 34.0 Å². The molecule has 1 aliphatic rings. The van der Waals surface area contributed by atoms with Crippen LogP contribution in [0, 0.1) is 5.92 Å². The molecule has 1 N–H and O–H groups in total. The molecule has 156 valence electrons. The van der Waals surface area contributed by atoms with Crippen molar-refractivity contribution < 1.29 is 14.3 Å². The lowest BCUT2D eigenvalue weighted by atomic mass is 10.00. The van der Waals surface area contributed by atoms with Gasteiger partial charge in [0.1, 0.15) is 17.3 Å². The van der Waals surface area contributed by atoms with E-state index in [0.717, 1.165) is 5.82 Å². The molecule has 2 amide bonds. The molecule has 1 atom stereocenters. The number of nitrogens with zero attached hydrogens (tertiary/aromatic N) is 4. The second kappa shape index (κ2) is 9.17. The number of carbonyl (C=O) groups is 1. The number of ether oxygens (including phenoxy) is 2. The topological polar surface area (TPSA) is 79.8 Å². The van der Waals surface area contributed by atoms with Crippen molar-refractivity contribution in [2.75, 3.05) is 44.1 Å². The fourth-order valence-corrected chi connectivity index (χ4v) is 3.58. The average molecular weight is 420 g/mol.